The lowest BCUT2D eigenvalue weighted by atomic mass is 10.0. The summed E-state index contributed by atoms with van der Waals surface area (Å²) < 4.78 is 0. The van der Waals surface area contributed by atoms with Gasteiger partial charge in [-0.05, 0) is 30.5 Å². The SMILES string of the molecule is O=C(NC1CCN(c2cc(-c3ccccc3)[nH]n2)CC1)c1ccccn1. The van der Waals surface area contributed by atoms with Gasteiger partial charge in [-0.2, -0.15) is 5.10 Å². The molecule has 1 amide bonds. The molecule has 6 nitrogen and oxygen atoms in total. The summed E-state index contributed by atoms with van der Waals surface area (Å²) in [6, 6.07) is 17.8. The molecule has 0 bridgehead atoms. The van der Waals surface area contributed by atoms with E-state index in [-0.39, 0.29) is 11.9 Å². The summed E-state index contributed by atoms with van der Waals surface area (Å²) in [5.41, 5.74) is 2.62. The zero-order valence-electron chi connectivity index (χ0n) is 14.4. The van der Waals surface area contributed by atoms with Gasteiger partial charge >= 0.3 is 0 Å². The van der Waals surface area contributed by atoms with Crippen LogP contribution in [-0.2, 0) is 0 Å². The summed E-state index contributed by atoms with van der Waals surface area (Å²) in [7, 11) is 0. The van der Waals surface area contributed by atoms with Crippen molar-refractivity contribution in [3.63, 3.8) is 0 Å². The third-order valence-electron chi connectivity index (χ3n) is 4.70. The van der Waals surface area contributed by atoms with Gasteiger partial charge in [0.1, 0.15) is 5.69 Å². The Morgan fingerprint density at radius 1 is 1.08 bits per heavy atom. The number of anilines is 1. The van der Waals surface area contributed by atoms with Crippen LogP contribution in [0.25, 0.3) is 11.3 Å². The van der Waals surface area contributed by atoms with E-state index in [1.807, 2.05) is 30.3 Å². The smallest absolute Gasteiger partial charge is 0.270 e. The van der Waals surface area contributed by atoms with Crippen LogP contribution in [0.4, 0.5) is 5.82 Å². The Balaban J connectivity index is 1.34. The number of nitrogens with one attached hydrogen (secondary N) is 2. The maximum Gasteiger partial charge on any atom is 0.270 e. The molecule has 1 fully saturated rings. The molecule has 0 spiro atoms. The van der Waals surface area contributed by atoms with E-state index in [2.05, 4.69) is 43.6 Å². The summed E-state index contributed by atoms with van der Waals surface area (Å²) in [5, 5.41) is 10.6. The molecule has 1 saturated heterocycles. The first-order valence-corrected chi connectivity index (χ1v) is 8.87. The second-order valence-corrected chi connectivity index (χ2v) is 6.46. The summed E-state index contributed by atoms with van der Waals surface area (Å²) >= 11 is 0. The normalized spacial score (nSPS) is 15.0. The molecule has 26 heavy (non-hydrogen) atoms. The second kappa shape index (κ2) is 7.39. The second-order valence-electron chi connectivity index (χ2n) is 6.46. The molecule has 0 unspecified atom stereocenters. The average Bonchev–Trinajstić information content (AvgIpc) is 3.20. The number of benzene rings is 1. The topological polar surface area (TPSA) is 73.9 Å². The van der Waals surface area contributed by atoms with Crippen LogP contribution in [0.2, 0.25) is 0 Å². The molecule has 0 atom stereocenters. The lowest BCUT2D eigenvalue weighted by molar-refractivity contribution is 0.0926. The van der Waals surface area contributed by atoms with Gasteiger partial charge in [0.05, 0.1) is 5.69 Å². The third-order valence-corrected chi connectivity index (χ3v) is 4.70. The molecule has 2 aromatic heterocycles. The number of pyridine rings is 1. The number of rotatable bonds is 4. The van der Waals surface area contributed by atoms with Crippen LogP contribution in [0.15, 0.2) is 60.8 Å². The fraction of sp³-hybridized carbons (Fsp3) is 0.250. The quantitative estimate of drug-likeness (QED) is 0.761. The Morgan fingerprint density at radius 3 is 2.58 bits per heavy atom. The van der Waals surface area contributed by atoms with E-state index in [1.54, 1.807) is 12.3 Å². The highest BCUT2D eigenvalue weighted by atomic mass is 16.1. The average molecular weight is 347 g/mol. The first-order valence-electron chi connectivity index (χ1n) is 8.87. The van der Waals surface area contributed by atoms with Crippen LogP contribution < -0.4 is 10.2 Å². The van der Waals surface area contributed by atoms with E-state index in [1.165, 1.54) is 0 Å². The van der Waals surface area contributed by atoms with Gasteiger partial charge in [-0.3, -0.25) is 14.9 Å². The summed E-state index contributed by atoms with van der Waals surface area (Å²) in [5.74, 6) is 0.855. The molecule has 3 heterocycles. The molecule has 0 aliphatic carbocycles. The van der Waals surface area contributed by atoms with Gasteiger partial charge in [0.15, 0.2) is 5.82 Å². The van der Waals surface area contributed by atoms with Gasteiger partial charge in [0.25, 0.3) is 5.91 Å². The number of aromatic amines is 1. The fourth-order valence-corrected chi connectivity index (χ4v) is 3.25. The van der Waals surface area contributed by atoms with Crippen LogP contribution in [0.1, 0.15) is 23.3 Å². The number of nitrogens with zero attached hydrogens (tertiary/aromatic N) is 3. The van der Waals surface area contributed by atoms with Gasteiger partial charge in [-0.25, -0.2) is 0 Å². The molecule has 3 aromatic rings. The van der Waals surface area contributed by atoms with Crippen molar-refractivity contribution < 1.29 is 4.79 Å². The molecule has 2 N–H and O–H groups in total. The monoisotopic (exact) mass is 347 g/mol. The lowest BCUT2D eigenvalue weighted by Gasteiger charge is -2.32. The molecule has 0 radical (unpaired) electrons. The number of H-pyrrole nitrogens is 1. The van der Waals surface area contributed by atoms with E-state index < -0.39 is 0 Å². The zero-order chi connectivity index (χ0) is 17.8. The zero-order valence-corrected chi connectivity index (χ0v) is 14.4. The van der Waals surface area contributed by atoms with Crippen LogP contribution in [0.5, 0.6) is 0 Å². The minimum Gasteiger partial charge on any atom is -0.355 e. The number of carbonyl (C=O) groups excluding carboxylic acids is 1. The maximum absolute atomic E-state index is 12.2. The largest absolute Gasteiger partial charge is 0.355 e. The summed E-state index contributed by atoms with van der Waals surface area (Å²) in [4.78, 5) is 18.6. The van der Waals surface area contributed by atoms with E-state index >= 15 is 0 Å². The van der Waals surface area contributed by atoms with Crippen LogP contribution in [-0.4, -0.2) is 40.2 Å². The van der Waals surface area contributed by atoms with Crippen LogP contribution in [0, 0.1) is 0 Å². The van der Waals surface area contributed by atoms with Crippen molar-refractivity contribution in [1.82, 2.24) is 20.5 Å². The summed E-state index contributed by atoms with van der Waals surface area (Å²) in [6.07, 6.45) is 3.43. The molecule has 1 aromatic carbocycles. The van der Waals surface area contributed by atoms with Gasteiger partial charge in [-0.15, -0.1) is 0 Å². The number of hydrogen-bond donors (Lipinski definition) is 2. The minimum atomic E-state index is -0.102. The fourth-order valence-electron chi connectivity index (χ4n) is 3.25. The highest BCUT2D eigenvalue weighted by Crippen LogP contribution is 2.24. The van der Waals surface area contributed by atoms with Crippen molar-refractivity contribution in [3.05, 3.63) is 66.5 Å². The van der Waals surface area contributed by atoms with Crippen molar-refractivity contribution in [2.45, 2.75) is 18.9 Å². The Labute approximate surface area is 152 Å². The van der Waals surface area contributed by atoms with Gasteiger partial charge in [0.2, 0.25) is 0 Å². The number of hydrogen-bond acceptors (Lipinski definition) is 4. The van der Waals surface area contributed by atoms with E-state index in [9.17, 15) is 4.79 Å². The van der Waals surface area contributed by atoms with Gasteiger partial charge < -0.3 is 10.2 Å². The number of carbonyl (C=O) groups is 1. The van der Waals surface area contributed by atoms with E-state index in [0.29, 0.717) is 5.69 Å². The van der Waals surface area contributed by atoms with Crippen molar-refractivity contribution in [1.29, 1.82) is 0 Å². The molecule has 132 valence electrons. The lowest BCUT2D eigenvalue weighted by Crippen LogP contribution is -2.45. The molecule has 1 aliphatic heterocycles. The molecule has 6 heteroatoms. The third kappa shape index (κ3) is 3.59. The maximum atomic E-state index is 12.2. The van der Waals surface area contributed by atoms with Crippen molar-refractivity contribution in [2.24, 2.45) is 0 Å². The number of aromatic nitrogens is 3. The van der Waals surface area contributed by atoms with Gasteiger partial charge in [0, 0.05) is 31.4 Å². The Bertz CT molecular complexity index is 854. The molecule has 1 aliphatic rings. The Kier molecular flexibility index (Phi) is 4.64. The predicted octanol–water partition coefficient (Wildman–Crippen LogP) is 2.87. The first-order chi connectivity index (χ1) is 12.8. The van der Waals surface area contributed by atoms with E-state index in [0.717, 1.165) is 43.0 Å². The highest BCUT2D eigenvalue weighted by molar-refractivity contribution is 5.92. The van der Waals surface area contributed by atoms with Crippen molar-refractivity contribution in [2.75, 3.05) is 18.0 Å². The number of amides is 1. The molecule has 0 saturated carbocycles. The van der Waals surface area contributed by atoms with Crippen molar-refractivity contribution in [3.8, 4) is 11.3 Å². The van der Waals surface area contributed by atoms with Crippen LogP contribution >= 0.6 is 0 Å². The van der Waals surface area contributed by atoms with Gasteiger partial charge in [-0.1, -0.05) is 36.4 Å². The Morgan fingerprint density at radius 2 is 1.85 bits per heavy atom. The standard InChI is InChI=1S/C20H21N5O/c26-20(17-8-4-5-11-21-17)22-16-9-12-25(13-10-16)19-14-18(23-24-19)15-6-2-1-3-7-15/h1-8,11,14,16H,9-10,12-13H2,(H,22,26)(H,23,24). The van der Waals surface area contributed by atoms with Crippen molar-refractivity contribution >= 4 is 11.7 Å². The van der Waals surface area contributed by atoms with Crippen LogP contribution in [0.3, 0.4) is 0 Å². The molecular formula is C20H21N5O. The highest BCUT2D eigenvalue weighted by Gasteiger charge is 2.23. The first kappa shape index (κ1) is 16.3. The predicted molar refractivity (Wildman–Crippen MR) is 101 cm³/mol. The minimum absolute atomic E-state index is 0.102. The summed E-state index contributed by atoms with van der Waals surface area (Å²) in [6.45, 7) is 1.73. The molecular weight excluding hydrogens is 326 g/mol. The number of piperidine rings is 1. The molecule has 4 rings (SSSR count). The Hall–Kier alpha value is -3.15. The van der Waals surface area contributed by atoms with E-state index in [4.69, 9.17) is 0 Å².